The lowest BCUT2D eigenvalue weighted by atomic mass is 10.2. The molecule has 86 valence electrons. The van der Waals surface area contributed by atoms with Crippen molar-refractivity contribution in [2.45, 2.75) is 11.8 Å². The molecule has 1 unspecified atom stereocenters. The van der Waals surface area contributed by atoms with Gasteiger partial charge in [0.15, 0.2) is 0 Å². The van der Waals surface area contributed by atoms with Gasteiger partial charge in [-0.1, -0.05) is 30.3 Å². The van der Waals surface area contributed by atoms with E-state index in [0.717, 1.165) is 18.8 Å². The number of hydrogen-bond donors (Lipinski definition) is 1. The lowest BCUT2D eigenvalue weighted by molar-refractivity contribution is -0.136. The van der Waals surface area contributed by atoms with Crippen molar-refractivity contribution in [3.63, 3.8) is 0 Å². The summed E-state index contributed by atoms with van der Waals surface area (Å²) >= 11 is 1.54. The van der Waals surface area contributed by atoms with E-state index in [2.05, 4.69) is 17.0 Å². The van der Waals surface area contributed by atoms with Crippen LogP contribution in [-0.4, -0.2) is 40.1 Å². The molecule has 0 radical (unpaired) electrons. The van der Waals surface area contributed by atoms with Gasteiger partial charge in [0.25, 0.3) is 0 Å². The highest BCUT2D eigenvalue weighted by Gasteiger charge is 2.25. The summed E-state index contributed by atoms with van der Waals surface area (Å²) in [5.41, 5.74) is 1.25. The van der Waals surface area contributed by atoms with E-state index in [1.807, 2.05) is 18.2 Å². The van der Waals surface area contributed by atoms with Crippen LogP contribution in [0.5, 0.6) is 0 Å². The first-order valence-corrected chi connectivity index (χ1v) is 6.41. The number of benzene rings is 1. The summed E-state index contributed by atoms with van der Waals surface area (Å²) in [7, 11) is 0. The molecule has 1 aromatic rings. The van der Waals surface area contributed by atoms with E-state index in [1.165, 1.54) is 5.56 Å². The molecule has 2 rings (SSSR count). The normalized spacial score (nSPS) is 21.9. The Hall–Kier alpha value is -1.00. The van der Waals surface area contributed by atoms with E-state index in [-0.39, 0.29) is 5.25 Å². The molecule has 0 bridgehead atoms. The highest BCUT2D eigenvalue weighted by molar-refractivity contribution is 8.00. The predicted octanol–water partition coefficient (Wildman–Crippen LogP) is 1.69. The van der Waals surface area contributed by atoms with Crippen LogP contribution >= 0.6 is 11.8 Å². The molecule has 0 saturated carbocycles. The minimum atomic E-state index is -0.692. The van der Waals surface area contributed by atoms with E-state index >= 15 is 0 Å². The maximum absolute atomic E-state index is 10.9. The van der Waals surface area contributed by atoms with Crippen LogP contribution in [0.25, 0.3) is 0 Å². The first kappa shape index (κ1) is 11.5. The zero-order chi connectivity index (χ0) is 11.4. The van der Waals surface area contributed by atoms with Crippen LogP contribution in [0.3, 0.4) is 0 Å². The van der Waals surface area contributed by atoms with Crippen LogP contribution in [0, 0.1) is 0 Å². The Morgan fingerprint density at radius 1 is 1.44 bits per heavy atom. The molecule has 1 aliphatic rings. The first-order chi connectivity index (χ1) is 7.75. The van der Waals surface area contributed by atoms with Crippen molar-refractivity contribution in [2.24, 2.45) is 0 Å². The van der Waals surface area contributed by atoms with E-state index in [1.54, 1.807) is 11.8 Å². The molecule has 1 saturated heterocycles. The average Bonchev–Trinajstić information content (AvgIpc) is 2.30. The van der Waals surface area contributed by atoms with Gasteiger partial charge in [0.1, 0.15) is 5.25 Å². The van der Waals surface area contributed by atoms with Crippen molar-refractivity contribution in [3.05, 3.63) is 35.9 Å². The van der Waals surface area contributed by atoms with E-state index in [9.17, 15) is 4.79 Å². The van der Waals surface area contributed by atoms with Crippen LogP contribution in [0.4, 0.5) is 0 Å². The SMILES string of the molecule is O=C(O)C1CN(Cc2ccccc2)CCS1. The Labute approximate surface area is 99.5 Å². The summed E-state index contributed by atoms with van der Waals surface area (Å²) in [6, 6.07) is 10.2. The van der Waals surface area contributed by atoms with Gasteiger partial charge in [0, 0.05) is 25.4 Å². The van der Waals surface area contributed by atoms with Gasteiger partial charge in [0.2, 0.25) is 0 Å². The number of carboxylic acids is 1. The summed E-state index contributed by atoms with van der Waals surface area (Å²) in [4.78, 5) is 13.1. The second-order valence-electron chi connectivity index (χ2n) is 3.92. The molecule has 3 nitrogen and oxygen atoms in total. The monoisotopic (exact) mass is 237 g/mol. The van der Waals surface area contributed by atoms with Gasteiger partial charge < -0.3 is 5.11 Å². The molecule has 16 heavy (non-hydrogen) atoms. The molecular weight excluding hydrogens is 222 g/mol. The lowest BCUT2D eigenvalue weighted by Gasteiger charge is -2.30. The molecular formula is C12H15NO2S. The number of hydrogen-bond acceptors (Lipinski definition) is 3. The second kappa shape index (κ2) is 5.37. The van der Waals surface area contributed by atoms with Crippen LogP contribution < -0.4 is 0 Å². The Bertz CT molecular complexity index is 355. The molecule has 0 aromatic heterocycles. The largest absolute Gasteiger partial charge is 0.480 e. The van der Waals surface area contributed by atoms with Gasteiger partial charge in [-0.25, -0.2) is 0 Å². The molecule has 1 heterocycles. The highest BCUT2D eigenvalue weighted by atomic mass is 32.2. The Morgan fingerprint density at radius 2 is 2.19 bits per heavy atom. The van der Waals surface area contributed by atoms with Gasteiger partial charge in [-0.3, -0.25) is 9.69 Å². The fourth-order valence-corrected chi connectivity index (χ4v) is 2.94. The number of rotatable bonds is 3. The topological polar surface area (TPSA) is 40.5 Å². The van der Waals surface area contributed by atoms with Crippen molar-refractivity contribution in [2.75, 3.05) is 18.8 Å². The van der Waals surface area contributed by atoms with Crippen molar-refractivity contribution < 1.29 is 9.90 Å². The van der Waals surface area contributed by atoms with Crippen LogP contribution in [0.2, 0.25) is 0 Å². The zero-order valence-electron chi connectivity index (χ0n) is 9.00. The molecule has 1 aromatic carbocycles. The molecule has 4 heteroatoms. The number of aliphatic carboxylic acids is 1. The third kappa shape index (κ3) is 3.00. The molecule has 1 N–H and O–H groups in total. The molecule has 0 aliphatic carbocycles. The van der Waals surface area contributed by atoms with Gasteiger partial charge in [0.05, 0.1) is 0 Å². The predicted molar refractivity (Wildman–Crippen MR) is 65.6 cm³/mol. The standard InChI is InChI=1S/C12H15NO2S/c14-12(15)11-9-13(6-7-16-11)8-10-4-2-1-3-5-10/h1-5,11H,6-9H2,(H,14,15). The first-order valence-electron chi connectivity index (χ1n) is 5.36. The molecule has 1 fully saturated rings. The number of carboxylic acid groups (broad SMARTS) is 1. The quantitative estimate of drug-likeness (QED) is 0.868. The molecule has 0 amide bonds. The molecule has 0 spiro atoms. The summed E-state index contributed by atoms with van der Waals surface area (Å²) < 4.78 is 0. The third-order valence-electron chi connectivity index (χ3n) is 2.68. The Balaban J connectivity index is 1.93. The number of carbonyl (C=O) groups is 1. The summed E-state index contributed by atoms with van der Waals surface area (Å²) in [5.74, 6) is 0.215. The van der Waals surface area contributed by atoms with Crippen molar-refractivity contribution >= 4 is 17.7 Å². The fraction of sp³-hybridized carbons (Fsp3) is 0.417. The lowest BCUT2D eigenvalue weighted by Crippen LogP contribution is -2.40. The van der Waals surface area contributed by atoms with E-state index < -0.39 is 5.97 Å². The summed E-state index contributed by atoms with van der Waals surface area (Å²) in [6.45, 7) is 2.48. The third-order valence-corrected chi connectivity index (χ3v) is 3.85. The maximum atomic E-state index is 10.9. The Morgan fingerprint density at radius 3 is 2.88 bits per heavy atom. The Kier molecular flexibility index (Phi) is 3.85. The van der Waals surface area contributed by atoms with Crippen LogP contribution in [0.15, 0.2) is 30.3 Å². The second-order valence-corrected chi connectivity index (χ2v) is 5.23. The van der Waals surface area contributed by atoms with Crippen LogP contribution in [-0.2, 0) is 11.3 Å². The number of thioether (sulfide) groups is 1. The van der Waals surface area contributed by atoms with Crippen molar-refractivity contribution in [1.29, 1.82) is 0 Å². The van der Waals surface area contributed by atoms with Crippen molar-refractivity contribution in [1.82, 2.24) is 4.90 Å². The maximum Gasteiger partial charge on any atom is 0.317 e. The molecule has 1 atom stereocenters. The van der Waals surface area contributed by atoms with Crippen molar-refractivity contribution in [3.8, 4) is 0 Å². The minimum Gasteiger partial charge on any atom is -0.480 e. The summed E-state index contributed by atoms with van der Waals surface area (Å²) in [6.07, 6.45) is 0. The van der Waals surface area contributed by atoms with Gasteiger partial charge in [-0.15, -0.1) is 11.8 Å². The van der Waals surface area contributed by atoms with Gasteiger partial charge in [-0.2, -0.15) is 0 Å². The highest BCUT2D eigenvalue weighted by Crippen LogP contribution is 2.20. The number of nitrogens with zero attached hydrogens (tertiary/aromatic N) is 1. The smallest absolute Gasteiger partial charge is 0.317 e. The van der Waals surface area contributed by atoms with Gasteiger partial charge in [-0.05, 0) is 5.56 Å². The minimum absolute atomic E-state index is 0.266. The van der Waals surface area contributed by atoms with Gasteiger partial charge >= 0.3 is 5.97 Å². The molecule has 1 aliphatic heterocycles. The van der Waals surface area contributed by atoms with E-state index in [0.29, 0.717) is 6.54 Å². The summed E-state index contributed by atoms with van der Waals surface area (Å²) in [5, 5.41) is 8.71. The van der Waals surface area contributed by atoms with E-state index in [4.69, 9.17) is 5.11 Å². The zero-order valence-corrected chi connectivity index (χ0v) is 9.82. The average molecular weight is 237 g/mol. The fourth-order valence-electron chi connectivity index (χ4n) is 1.84. The van der Waals surface area contributed by atoms with Crippen LogP contribution in [0.1, 0.15) is 5.56 Å².